The van der Waals surface area contributed by atoms with Gasteiger partial charge in [-0.05, 0) is 43.5 Å². The fourth-order valence-corrected chi connectivity index (χ4v) is 2.64. The lowest BCUT2D eigenvalue weighted by Crippen LogP contribution is -2.45. The van der Waals surface area contributed by atoms with Crippen LogP contribution in [-0.2, 0) is 11.2 Å². The summed E-state index contributed by atoms with van der Waals surface area (Å²) in [6.07, 6.45) is 0.771. The molecule has 1 amide bonds. The molecule has 0 saturated carbocycles. The van der Waals surface area contributed by atoms with Crippen LogP contribution in [-0.4, -0.2) is 44.7 Å². The highest BCUT2D eigenvalue weighted by Gasteiger charge is 2.07. The number of nitrogens with zero attached hydrogens (tertiary/aromatic N) is 1. The van der Waals surface area contributed by atoms with Crippen LogP contribution in [0.2, 0.25) is 0 Å². The standard InChI is InChI=1S/C22H30N4O2.HI/c1-17-8-7-11-20(14-17)28-18(2)15-25-22(23-3)26-16-21(27)24-13-12-19-9-5-4-6-10-19;/h4-11,14,18H,12-13,15-16H2,1-3H3,(H,24,27)(H2,23,25,26);1H. The zero-order chi connectivity index (χ0) is 20.2. The molecule has 158 valence electrons. The molecule has 0 aliphatic carbocycles. The number of guanidine groups is 1. The Balaban J connectivity index is 0.00000420. The molecule has 0 aromatic heterocycles. The number of ether oxygens (including phenoxy) is 1. The number of benzene rings is 2. The summed E-state index contributed by atoms with van der Waals surface area (Å²) in [7, 11) is 1.68. The molecule has 6 nitrogen and oxygen atoms in total. The Labute approximate surface area is 190 Å². The molecular formula is C22H31IN4O2. The molecule has 29 heavy (non-hydrogen) atoms. The molecule has 0 fully saturated rings. The highest BCUT2D eigenvalue weighted by atomic mass is 127. The quantitative estimate of drug-likeness (QED) is 0.276. The summed E-state index contributed by atoms with van der Waals surface area (Å²) in [6.45, 7) is 5.37. The van der Waals surface area contributed by atoms with Crippen molar-refractivity contribution in [2.75, 3.05) is 26.7 Å². The van der Waals surface area contributed by atoms with Gasteiger partial charge in [0.2, 0.25) is 5.91 Å². The number of carbonyl (C=O) groups is 1. The van der Waals surface area contributed by atoms with Crippen molar-refractivity contribution in [1.29, 1.82) is 0 Å². The summed E-state index contributed by atoms with van der Waals surface area (Å²) in [5.41, 5.74) is 2.37. The van der Waals surface area contributed by atoms with Gasteiger partial charge < -0.3 is 20.7 Å². The topological polar surface area (TPSA) is 74.8 Å². The molecule has 1 unspecified atom stereocenters. The first kappa shape index (κ1) is 24.7. The van der Waals surface area contributed by atoms with E-state index in [4.69, 9.17) is 4.74 Å². The van der Waals surface area contributed by atoms with Gasteiger partial charge >= 0.3 is 0 Å². The number of halogens is 1. The maximum Gasteiger partial charge on any atom is 0.239 e. The monoisotopic (exact) mass is 510 g/mol. The molecule has 3 N–H and O–H groups in total. The predicted molar refractivity (Wildman–Crippen MR) is 129 cm³/mol. The number of aryl methyl sites for hydroxylation is 1. The third-order valence-electron chi connectivity index (χ3n) is 4.10. The molecule has 0 heterocycles. The van der Waals surface area contributed by atoms with Gasteiger partial charge in [0.25, 0.3) is 0 Å². The number of carbonyl (C=O) groups excluding carboxylic acids is 1. The zero-order valence-electron chi connectivity index (χ0n) is 17.3. The Morgan fingerprint density at radius 3 is 2.52 bits per heavy atom. The molecule has 7 heteroatoms. The lowest BCUT2D eigenvalue weighted by atomic mass is 10.1. The minimum atomic E-state index is -0.0667. The molecular weight excluding hydrogens is 479 g/mol. The second kappa shape index (κ2) is 13.8. The van der Waals surface area contributed by atoms with Gasteiger partial charge in [0.05, 0.1) is 13.1 Å². The molecule has 0 radical (unpaired) electrons. The van der Waals surface area contributed by atoms with Crippen molar-refractivity contribution in [2.45, 2.75) is 26.4 Å². The molecule has 0 aliphatic rings. The van der Waals surface area contributed by atoms with Crippen molar-refractivity contribution in [2.24, 2.45) is 4.99 Å². The van der Waals surface area contributed by atoms with E-state index in [0.717, 1.165) is 17.7 Å². The van der Waals surface area contributed by atoms with E-state index in [0.29, 0.717) is 19.0 Å². The van der Waals surface area contributed by atoms with Crippen LogP contribution in [0.15, 0.2) is 59.6 Å². The van der Waals surface area contributed by atoms with E-state index in [2.05, 4.69) is 33.1 Å². The average molecular weight is 510 g/mol. The van der Waals surface area contributed by atoms with Crippen molar-refractivity contribution in [3.05, 3.63) is 65.7 Å². The summed E-state index contributed by atoms with van der Waals surface area (Å²) in [5.74, 6) is 1.34. The second-order valence-electron chi connectivity index (χ2n) is 6.64. The number of aliphatic imine (C=N–C) groups is 1. The average Bonchev–Trinajstić information content (AvgIpc) is 2.69. The Kier molecular flexibility index (Phi) is 11.8. The lowest BCUT2D eigenvalue weighted by molar-refractivity contribution is -0.119. The van der Waals surface area contributed by atoms with E-state index in [9.17, 15) is 4.79 Å². The first-order valence-electron chi connectivity index (χ1n) is 9.55. The number of hydrogen-bond acceptors (Lipinski definition) is 3. The summed E-state index contributed by atoms with van der Waals surface area (Å²) < 4.78 is 5.89. The third kappa shape index (κ3) is 10.2. The summed E-state index contributed by atoms with van der Waals surface area (Å²) in [6, 6.07) is 18.0. The van der Waals surface area contributed by atoms with E-state index in [1.165, 1.54) is 5.56 Å². The van der Waals surface area contributed by atoms with Crippen molar-refractivity contribution < 1.29 is 9.53 Å². The van der Waals surface area contributed by atoms with Gasteiger partial charge in [-0.1, -0.05) is 42.5 Å². The maximum atomic E-state index is 12.0. The number of amides is 1. The largest absolute Gasteiger partial charge is 0.489 e. The third-order valence-corrected chi connectivity index (χ3v) is 4.10. The van der Waals surface area contributed by atoms with Crippen LogP contribution in [0.1, 0.15) is 18.1 Å². The lowest BCUT2D eigenvalue weighted by Gasteiger charge is -2.18. The second-order valence-corrected chi connectivity index (χ2v) is 6.64. The summed E-state index contributed by atoms with van der Waals surface area (Å²) in [4.78, 5) is 16.1. The van der Waals surface area contributed by atoms with Crippen LogP contribution in [0.25, 0.3) is 0 Å². The van der Waals surface area contributed by atoms with Crippen LogP contribution in [0.3, 0.4) is 0 Å². The van der Waals surface area contributed by atoms with E-state index in [1.807, 2.05) is 56.3 Å². The first-order valence-corrected chi connectivity index (χ1v) is 9.55. The van der Waals surface area contributed by atoms with Crippen molar-refractivity contribution in [3.8, 4) is 5.75 Å². The van der Waals surface area contributed by atoms with Gasteiger partial charge in [-0.15, -0.1) is 24.0 Å². The molecule has 0 spiro atoms. The fraction of sp³-hybridized carbons (Fsp3) is 0.364. The van der Waals surface area contributed by atoms with E-state index < -0.39 is 0 Å². The van der Waals surface area contributed by atoms with Crippen molar-refractivity contribution in [3.63, 3.8) is 0 Å². The minimum Gasteiger partial charge on any atom is -0.489 e. The van der Waals surface area contributed by atoms with Gasteiger partial charge in [-0.3, -0.25) is 9.79 Å². The van der Waals surface area contributed by atoms with Gasteiger partial charge in [-0.25, -0.2) is 0 Å². The van der Waals surface area contributed by atoms with Crippen LogP contribution in [0.5, 0.6) is 5.75 Å². The van der Waals surface area contributed by atoms with E-state index in [-0.39, 0.29) is 42.5 Å². The van der Waals surface area contributed by atoms with Gasteiger partial charge in [0, 0.05) is 13.6 Å². The molecule has 2 rings (SSSR count). The van der Waals surface area contributed by atoms with E-state index >= 15 is 0 Å². The number of rotatable bonds is 9. The van der Waals surface area contributed by atoms with E-state index in [1.54, 1.807) is 7.05 Å². The maximum absolute atomic E-state index is 12.0. The van der Waals surface area contributed by atoms with Crippen LogP contribution < -0.4 is 20.7 Å². The Hall–Kier alpha value is -2.29. The highest BCUT2D eigenvalue weighted by molar-refractivity contribution is 14.0. The smallest absolute Gasteiger partial charge is 0.239 e. The molecule has 0 aliphatic heterocycles. The van der Waals surface area contributed by atoms with Gasteiger partial charge in [0.15, 0.2) is 5.96 Å². The van der Waals surface area contributed by atoms with Crippen LogP contribution in [0, 0.1) is 6.92 Å². The minimum absolute atomic E-state index is 0. The normalized spacial score (nSPS) is 11.8. The fourth-order valence-electron chi connectivity index (χ4n) is 2.64. The molecule has 0 saturated heterocycles. The SMILES string of the molecule is CN=C(NCC(=O)NCCc1ccccc1)NCC(C)Oc1cccc(C)c1.I. The predicted octanol–water partition coefficient (Wildman–Crippen LogP) is 2.90. The van der Waals surface area contributed by atoms with Crippen LogP contribution in [0.4, 0.5) is 0 Å². The number of hydrogen-bond donors (Lipinski definition) is 3. The molecule has 2 aromatic carbocycles. The Bertz CT molecular complexity index is 768. The van der Waals surface area contributed by atoms with Gasteiger partial charge in [0.1, 0.15) is 11.9 Å². The van der Waals surface area contributed by atoms with Crippen molar-refractivity contribution in [1.82, 2.24) is 16.0 Å². The zero-order valence-corrected chi connectivity index (χ0v) is 19.6. The molecule has 1 atom stereocenters. The molecule has 0 bridgehead atoms. The molecule has 2 aromatic rings. The Morgan fingerprint density at radius 1 is 1.07 bits per heavy atom. The van der Waals surface area contributed by atoms with Crippen molar-refractivity contribution >= 4 is 35.8 Å². The van der Waals surface area contributed by atoms with Crippen LogP contribution >= 0.6 is 24.0 Å². The Morgan fingerprint density at radius 2 is 1.83 bits per heavy atom. The summed E-state index contributed by atoms with van der Waals surface area (Å²) in [5, 5.41) is 9.10. The summed E-state index contributed by atoms with van der Waals surface area (Å²) >= 11 is 0. The number of nitrogens with one attached hydrogen (secondary N) is 3. The first-order chi connectivity index (χ1) is 13.6. The van der Waals surface area contributed by atoms with Gasteiger partial charge in [-0.2, -0.15) is 0 Å². The highest BCUT2D eigenvalue weighted by Crippen LogP contribution is 2.13.